The largest absolute Gasteiger partial charge is 0.496 e. The molecule has 3 aliphatic rings. The van der Waals surface area contributed by atoms with E-state index in [-0.39, 0.29) is 41.7 Å². The molecule has 0 aromatic heterocycles. The first-order valence-corrected chi connectivity index (χ1v) is 14.9. The van der Waals surface area contributed by atoms with Gasteiger partial charge in [-0.25, -0.2) is 13.2 Å². The van der Waals surface area contributed by atoms with Gasteiger partial charge in [-0.3, -0.25) is 9.59 Å². The fraction of sp³-hybridized carbons (Fsp3) is 0.515. The number of ether oxygens (including phenoxy) is 1. The summed E-state index contributed by atoms with van der Waals surface area (Å²) >= 11 is 0. The van der Waals surface area contributed by atoms with Gasteiger partial charge in [0.2, 0.25) is 11.8 Å². The highest BCUT2D eigenvalue weighted by atomic mass is 19.4. The van der Waals surface area contributed by atoms with Gasteiger partial charge in [-0.05, 0) is 87.3 Å². The van der Waals surface area contributed by atoms with E-state index in [9.17, 15) is 41.0 Å². The minimum atomic E-state index is -4.98. The first kappa shape index (κ1) is 32.8. The maximum absolute atomic E-state index is 13.9. The average molecular weight is 639 g/mol. The molecule has 3 aliphatic carbocycles. The van der Waals surface area contributed by atoms with Crippen LogP contribution in [0.1, 0.15) is 67.4 Å². The second-order valence-corrected chi connectivity index (χ2v) is 13.0. The van der Waals surface area contributed by atoms with Crippen molar-refractivity contribution in [3.63, 3.8) is 0 Å². The Morgan fingerprint density at radius 3 is 2.38 bits per heavy atom. The number of hydrogen-bond donors (Lipinski definition) is 3. The normalized spacial score (nSPS) is 25.2. The van der Waals surface area contributed by atoms with Gasteiger partial charge in [0, 0.05) is 30.5 Å². The number of nitrogens with one attached hydrogen (secondary N) is 2. The van der Waals surface area contributed by atoms with Gasteiger partial charge in [0.15, 0.2) is 0 Å². The number of anilines is 1. The van der Waals surface area contributed by atoms with Crippen molar-refractivity contribution in [1.29, 1.82) is 0 Å². The van der Waals surface area contributed by atoms with E-state index in [0.717, 1.165) is 17.2 Å². The van der Waals surface area contributed by atoms with E-state index in [1.165, 1.54) is 7.11 Å². The van der Waals surface area contributed by atoms with Crippen LogP contribution in [0.15, 0.2) is 48.0 Å². The number of benzene rings is 2. The van der Waals surface area contributed by atoms with E-state index in [0.29, 0.717) is 37.8 Å². The molecule has 6 nitrogen and oxygen atoms in total. The molecule has 0 aliphatic heterocycles. The van der Waals surface area contributed by atoms with Crippen LogP contribution in [0.25, 0.3) is 0 Å². The zero-order chi connectivity index (χ0) is 32.9. The quantitative estimate of drug-likeness (QED) is 0.206. The molecule has 0 saturated heterocycles. The van der Waals surface area contributed by atoms with Gasteiger partial charge < -0.3 is 20.5 Å². The fourth-order valence-electron chi connectivity index (χ4n) is 6.94. The number of allylic oxidation sites excluding steroid dienone is 1. The number of carbonyl (C=O) groups excluding carboxylic acids is 2. The summed E-state index contributed by atoms with van der Waals surface area (Å²) < 4.78 is 86.6. The van der Waals surface area contributed by atoms with Gasteiger partial charge in [-0.15, -0.1) is 0 Å². The Kier molecular flexibility index (Phi) is 8.76. The molecule has 4 atom stereocenters. The number of alkyl halides is 5. The van der Waals surface area contributed by atoms with Crippen molar-refractivity contribution in [1.82, 2.24) is 5.32 Å². The van der Waals surface area contributed by atoms with Gasteiger partial charge in [-0.2, -0.15) is 13.2 Å². The van der Waals surface area contributed by atoms with Crippen LogP contribution < -0.4 is 15.4 Å². The predicted octanol–water partition coefficient (Wildman–Crippen LogP) is 6.92. The van der Waals surface area contributed by atoms with Crippen molar-refractivity contribution >= 4 is 17.5 Å². The van der Waals surface area contributed by atoms with Crippen LogP contribution in [-0.2, 0) is 17.4 Å². The Balaban J connectivity index is 1.44. The molecule has 2 aromatic rings. The lowest BCUT2D eigenvalue weighted by atomic mass is 9.79. The van der Waals surface area contributed by atoms with Crippen LogP contribution in [0.5, 0.6) is 5.75 Å². The number of aliphatic hydroxyl groups is 1. The molecule has 2 unspecified atom stereocenters. The van der Waals surface area contributed by atoms with E-state index in [2.05, 4.69) is 10.6 Å². The number of halogens is 6. The van der Waals surface area contributed by atoms with Gasteiger partial charge in [0.25, 0.3) is 5.91 Å². The molecule has 0 radical (unpaired) electrons. The number of carbonyl (C=O) groups is 2. The SMILES string of the molecule is COc1ccc(CCC(C)(C)O)cc1C(=O)N[C@@H]1C2CCC(/C2=C/C2CC(F)(F)C2)[C@@H]1C(=O)Nc1ccc(F)c(C(F)(F)F)c1. The molecule has 2 bridgehead atoms. The highest BCUT2D eigenvalue weighted by molar-refractivity contribution is 5.99. The number of hydrogen-bond acceptors (Lipinski definition) is 4. The molecule has 5 rings (SSSR count). The van der Waals surface area contributed by atoms with E-state index in [1.807, 2.05) is 0 Å². The van der Waals surface area contributed by atoms with Gasteiger partial charge >= 0.3 is 6.18 Å². The lowest BCUT2D eigenvalue weighted by molar-refractivity contribution is -0.140. The van der Waals surface area contributed by atoms with Gasteiger partial charge in [0.1, 0.15) is 11.6 Å². The van der Waals surface area contributed by atoms with E-state index >= 15 is 0 Å². The minimum Gasteiger partial charge on any atom is -0.496 e. The summed E-state index contributed by atoms with van der Waals surface area (Å²) in [5.41, 5.74) is -0.946. The van der Waals surface area contributed by atoms with E-state index in [1.54, 1.807) is 38.1 Å². The van der Waals surface area contributed by atoms with Crippen LogP contribution in [0, 0.1) is 29.5 Å². The van der Waals surface area contributed by atoms with Crippen molar-refractivity contribution in [2.24, 2.45) is 23.7 Å². The third kappa shape index (κ3) is 7.15. The molecule has 3 saturated carbocycles. The van der Waals surface area contributed by atoms with E-state index in [4.69, 9.17) is 4.74 Å². The number of rotatable bonds is 9. The first-order chi connectivity index (χ1) is 21.0. The molecular weight excluding hydrogens is 602 g/mol. The third-order valence-corrected chi connectivity index (χ3v) is 9.12. The molecule has 45 heavy (non-hydrogen) atoms. The van der Waals surface area contributed by atoms with Crippen molar-refractivity contribution in [3.05, 3.63) is 70.6 Å². The molecule has 3 N–H and O–H groups in total. The summed E-state index contributed by atoms with van der Waals surface area (Å²) in [6.07, 6.45) is -1.78. The van der Waals surface area contributed by atoms with Gasteiger partial charge in [0.05, 0.1) is 29.8 Å². The zero-order valence-electron chi connectivity index (χ0n) is 25.1. The maximum atomic E-state index is 13.9. The molecule has 12 heteroatoms. The summed E-state index contributed by atoms with van der Waals surface area (Å²) in [5, 5.41) is 15.6. The molecular formula is C33H36F6N2O4. The maximum Gasteiger partial charge on any atom is 0.419 e. The highest BCUT2D eigenvalue weighted by Crippen LogP contribution is 2.55. The van der Waals surface area contributed by atoms with Crippen LogP contribution in [0.2, 0.25) is 0 Å². The zero-order valence-corrected chi connectivity index (χ0v) is 25.1. The Hall–Kier alpha value is -3.54. The Morgan fingerprint density at radius 1 is 1.07 bits per heavy atom. The molecule has 0 spiro atoms. The third-order valence-electron chi connectivity index (χ3n) is 9.12. The van der Waals surface area contributed by atoms with Crippen LogP contribution in [0.4, 0.5) is 32.0 Å². The second-order valence-electron chi connectivity index (χ2n) is 13.0. The fourth-order valence-corrected chi connectivity index (χ4v) is 6.94. The van der Waals surface area contributed by atoms with Crippen LogP contribution >= 0.6 is 0 Å². The summed E-state index contributed by atoms with van der Waals surface area (Å²) in [7, 11) is 1.41. The lowest BCUT2D eigenvalue weighted by Gasteiger charge is -2.33. The number of fused-ring (bicyclic) bond motifs is 2. The monoisotopic (exact) mass is 638 g/mol. The highest BCUT2D eigenvalue weighted by Gasteiger charge is 2.56. The van der Waals surface area contributed by atoms with Crippen LogP contribution in [-0.4, -0.2) is 41.6 Å². The summed E-state index contributed by atoms with van der Waals surface area (Å²) in [4.78, 5) is 27.5. The Morgan fingerprint density at radius 2 is 1.76 bits per heavy atom. The van der Waals surface area contributed by atoms with Crippen molar-refractivity contribution in [3.8, 4) is 5.75 Å². The standard InChI is InChI=1S/C33H36F6N2O4/c1-31(2,44)11-10-17-4-9-26(45-3)23(12-17)29(42)41-28-21-7-6-20(22(21)13-18-15-32(35,36)16-18)27(28)30(43)40-19-5-8-25(34)24(14-19)33(37,38)39/h4-5,8-9,12-14,18,20-21,27-28,44H,6-7,10-11,15-16H2,1-3H3,(H,40,43)(H,41,42)/b22-13-/t20?,21?,27-,28+/m0/s1. The predicted molar refractivity (Wildman–Crippen MR) is 154 cm³/mol. The van der Waals surface area contributed by atoms with Gasteiger partial charge in [-0.1, -0.05) is 17.7 Å². The molecule has 2 amide bonds. The van der Waals surface area contributed by atoms with E-state index < -0.39 is 58.8 Å². The Bertz CT molecular complexity index is 1490. The second kappa shape index (κ2) is 12.0. The topological polar surface area (TPSA) is 87.7 Å². The van der Waals surface area contributed by atoms with Crippen LogP contribution in [0.3, 0.4) is 0 Å². The number of methoxy groups -OCH3 is 1. The molecule has 244 valence electrons. The Labute approximate surface area is 257 Å². The lowest BCUT2D eigenvalue weighted by Crippen LogP contribution is -2.48. The molecule has 0 heterocycles. The number of amides is 2. The van der Waals surface area contributed by atoms with Crippen molar-refractivity contribution in [2.75, 3.05) is 12.4 Å². The smallest absolute Gasteiger partial charge is 0.419 e. The summed E-state index contributed by atoms with van der Waals surface area (Å²) in [5.74, 6) is -7.21. The summed E-state index contributed by atoms with van der Waals surface area (Å²) in [6.45, 7) is 3.35. The number of aryl methyl sites for hydroxylation is 1. The summed E-state index contributed by atoms with van der Waals surface area (Å²) in [6, 6.07) is 6.45. The minimum absolute atomic E-state index is 0.199. The average Bonchev–Trinajstić information content (AvgIpc) is 3.45. The molecule has 2 aromatic carbocycles. The first-order valence-electron chi connectivity index (χ1n) is 14.9. The van der Waals surface area contributed by atoms with Crippen molar-refractivity contribution < 1.29 is 45.8 Å². The molecule has 3 fully saturated rings. The van der Waals surface area contributed by atoms with Crippen molar-refractivity contribution in [2.45, 2.75) is 76.1 Å².